The van der Waals surface area contributed by atoms with E-state index >= 15 is 0 Å². The van der Waals surface area contributed by atoms with Gasteiger partial charge in [0.05, 0.1) is 6.20 Å². The molecule has 1 N–H and O–H groups in total. The molecule has 2 aromatic rings. The van der Waals surface area contributed by atoms with E-state index in [1.54, 1.807) is 18.6 Å². The summed E-state index contributed by atoms with van der Waals surface area (Å²) >= 11 is 0. The summed E-state index contributed by atoms with van der Waals surface area (Å²) in [5.74, 6) is 1.23. The number of hydrogen-bond acceptors (Lipinski definition) is 3. The van der Waals surface area contributed by atoms with Gasteiger partial charge in [0.1, 0.15) is 5.69 Å². The molecule has 0 bridgehead atoms. The molecule has 0 aliphatic heterocycles. The monoisotopic (exact) mass is 188 g/mol. The molecule has 0 saturated heterocycles. The number of nitrogens with zero attached hydrogens (tertiary/aromatic N) is 3. The van der Waals surface area contributed by atoms with Crippen LogP contribution in [-0.4, -0.2) is 19.9 Å². The van der Waals surface area contributed by atoms with Crippen LogP contribution in [0.15, 0.2) is 24.8 Å². The molecular weight excluding hydrogens is 176 g/mol. The van der Waals surface area contributed by atoms with Crippen LogP contribution in [0.2, 0.25) is 0 Å². The van der Waals surface area contributed by atoms with E-state index in [0.29, 0.717) is 5.92 Å². The highest BCUT2D eigenvalue weighted by molar-refractivity contribution is 5.47. The third kappa shape index (κ3) is 1.64. The molecule has 4 nitrogen and oxygen atoms in total. The lowest BCUT2D eigenvalue weighted by Gasteiger charge is -1.98. The summed E-state index contributed by atoms with van der Waals surface area (Å²) in [5.41, 5.74) is 1.89. The number of aromatic nitrogens is 4. The highest BCUT2D eigenvalue weighted by Crippen LogP contribution is 2.16. The van der Waals surface area contributed by atoms with Gasteiger partial charge in [-0.1, -0.05) is 13.8 Å². The zero-order valence-electron chi connectivity index (χ0n) is 8.23. The summed E-state index contributed by atoms with van der Waals surface area (Å²) in [6, 6.07) is 0. The molecule has 0 fully saturated rings. The van der Waals surface area contributed by atoms with Gasteiger partial charge in [-0.25, -0.2) is 9.97 Å². The summed E-state index contributed by atoms with van der Waals surface area (Å²) in [6.07, 6.45) is 6.85. The molecule has 0 radical (unpaired) electrons. The second-order valence-electron chi connectivity index (χ2n) is 3.43. The van der Waals surface area contributed by atoms with Crippen molar-refractivity contribution in [2.24, 2.45) is 0 Å². The summed E-state index contributed by atoms with van der Waals surface area (Å²) in [4.78, 5) is 15.6. The number of H-pyrrole nitrogens is 1. The molecule has 2 aromatic heterocycles. The average Bonchev–Trinajstić information content (AvgIpc) is 2.68. The minimum atomic E-state index is 0.452. The Labute approximate surface area is 82.5 Å². The molecule has 0 atom stereocenters. The predicted octanol–water partition coefficient (Wildman–Crippen LogP) is 1.99. The van der Waals surface area contributed by atoms with Gasteiger partial charge in [-0.3, -0.25) is 4.98 Å². The van der Waals surface area contributed by atoms with E-state index in [1.807, 2.05) is 6.20 Å². The summed E-state index contributed by atoms with van der Waals surface area (Å²) in [5, 5.41) is 0. The lowest BCUT2D eigenvalue weighted by Crippen LogP contribution is -1.88. The molecule has 0 spiro atoms. The fourth-order valence-corrected chi connectivity index (χ4v) is 1.18. The Morgan fingerprint density at radius 3 is 2.57 bits per heavy atom. The highest BCUT2D eigenvalue weighted by Gasteiger charge is 2.06. The lowest BCUT2D eigenvalue weighted by atomic mass is 10.2. The third-order valence-corrected chi connectivity index (χ3v) is 2.02. The minimum absolute atomic E-state index is 0.452. The van der Waals surface area contributed by atoms with Crippen molar-refractivity contribution in [2.75, 3.05) is 0 Å². The first kappa shape index (κ1) is 8.87. The van der Waals surface area contributed by atoms with Crippen LogP contribution in [0.4, 0.5) is 0 Å². The van der Waals surface area contributed by atoms with Gasteiger partial charge in [0.2, 0.25) is 0 Å². The standard InChI is InChI=1S/C10H12N4/c1-7(2)8-6-13-10(14-8)9-5-11-3-4-12-9/h3-7H,1-2H3,(H,13,14). The Bertz CT molecular complexity index is 405. The van der Waals surface area contributed by atoms with Crippen molar-refractivity contribution < 1.29 is 0 Å². The zero-order chi connectivity index (χ0) is 9.97. The van der Waals surface area contributed by atoms with Crippen LogP contribution >= 0.6 is 0 Å². The number of rotatable bonds is 2. The van der Waals surface area contributed by atoms with Crippen molar-refractivity contribution in [3.8, 4) is 11.5 Å². The number of hydrogen-bond donors (Lipinski definition) is 1. The van der Waals surface area contributed by atoms with Crippen LogP contribution in [0.1, 0.15) is 25.5 Å². The molecule has 0 aromatic carbocycles. The maximum absolute atomic E-state index is 4.25. The van der Waals surface area contributed by atoms with Crippen LogP contribution in [0.3, 0.4) is 0 Å². The summed E-state index contributed by atoms with van der Waals surface area (Å²) in [6.45, 7) is 4.24. The molecule has 0 unspecified atom stereocenters. The van der Waals surface area contributed by atoms with Crippen LogP contribution < -0.4 is 0 Å². The first-order chi connectivity index (χ1) is 6.77. The molecule has 14 heavy (non-hydrogen) atoms. The van der Waals surface area contributed by atoms with Gasteiger partial charge >= 0.3 is 0 Å². The van der Waals surface area contributed by atoms with Gasteiger partial charge in [-0.2, -0.15) is 0 Å². The fourth-order valence-electron chi connectivity index (χ4n) is 1.18. The van der Waals surface area contributed by atoms with Crippen molar-refractivity contribution in [3.63, 3.8) is 0 Å². The molecule has 72 valence electrons. The summed E-state index contributed by atoms with van der Waals surface area (Å²) < 4.78 is 0. The normalized spacial score (nSPS) is 10.8. The van der Waals surface area contributed by atoms with Crippen LogP contribution in [-0.2, 0) is 0 Å². The van der Waals surface area contributed by atoms with Crippen LogP contribution in [0.25, 0.3) is 11.5 Å². The van der Waals surface area contributed by atoms with Gasteiger partial charge in [-0.15, -0.1) is 0 Å². The quantitative estimate of drug-likeness (QED) is 0.784. The van der Waals surface area contributed by atoms with Crippen molar-refractivity contribution in [2.45, 2.75) is 19.8 Å². The second-order valence-corrected chi connectivity index (χ2v) is 3.43. The zero-order valence-corrected chi connectivity index (χ0v) is 8.23. The van der Waals surface area contributed by atoms with Crippen LogP contribution in [0.5, 0.6) is 0 Å². The van der Waals surface area contributed by atoms with Gasteiger partial charge in [0, 0.05) is 24.3 Å². The topological polar surface area (TPSA) is 54.5 Å². The van der Waals surface area contributed by atoms with Crippen molar-refractivity contribution in [1.82, 2.24) is 19.9 Å². The average molecular weight is 188 g/mol. The highest BCUT2D eigenvalue weighted by atomic mass is 15.0. The van der Waals surface area contributed by atoms with Gasteiger partial charge < -0.3 is 4.98 Å². The van der Waals surface area contributed by atoms with E-state index < -0.39 is 0 Å². The molecule has 0 aliphatic carbocycles. The molecular formula is C10H12N4. The van der Waals surface area contributed by atoms with Crippen molar-refractivity contribution in [1.29, 1.82) is 0 Å². The smallest absolute Gasteiger partial charge is 0.157 e. The predicted molar refractivity (Wildman–Crippen MR) is 53.7 cm³/mol. The first-order valence-corrected chi connectivity index (χ1v) is 4.58. The summed E-state index contributed by atoms with van der Waals surface area (Å²) in [7, 11) is 0. The number of nitrogens with one attached hydrogen (secondary N) is 1. The molecule has 2 heterocycles. The fraction of sp³-hybridized carbons (Fsp3) is 0.300. The number of aromatic amines is 1. The molecule has 2 rings (SSSR count). The largest absolute Gasteiger partial charge is 0.340 e. The van der Waals surface area contributed by atoms with E-state index in [9.17, 15) is 0 Å². The van der Waals surface area contributed by atoms with E-state index in [1.165, 1.54) is 0 Å². The third-order valence-electron chi connectivity index (χ3n) is 2.02. The maximum Gasteiger partial charge on any atom is 0.157 e. The molecule has 0 saturated carbocycles. The molecule has 0 amide bonds. The van der Waals surface area contributed by atoms with Gasteiger partial charge in [0.15, 0.2) is 5.82 Å². The van der Waals surface area contributed by atoms with Gasteiger partial charge in [-0.05, 0) is 5.92 Å². The van der Waals surface area contributed by atoms with E-state index in [-0.39, 0.29) is 0 Å². The Hall–Kier alpha value is -1.71. The Morgan fingerprint density at radius 1 is 1.14 bits per heavy atom. The Balaban J connectivity index is 2.34. The second kappa shape index (κ2) is 3.57. The van der Waals surface area contributed by atoms with E-state index in [4.69, 9.17) is 0 Å². The number of imidazole rings is 1. The van der Waals surface area contributed by atoms with Crippen molar-refractivity contribution in [3.05, 3.63) is 30.5 Å². The van der Waals surface area contributed by atoms with E-state index in [0.717, 1.165) is 17.2 Å². The Kier molecular flexibility index (Phi) is 2.26. The minimum Gasteiger partial charge on any atom is -0.340 e. The van der Waals surface area contributed by atoms with Crippen LogP contribution in [0, 0.1) is 0 Å². The van der Waals surface area contributed by atoms with E-state index in [2.05, 4.69) is 33.8 Å². The Morgan fingerprint density at radius 2 is 2.00 bits per heavy atom. The SMILES string of the molecule is CC(C)c1cnc(-c2cnccn2)[nH]1. The van der Waals surface area contributed by atoms with Crippen molar-refractivity contribution >= 4 is 0 Å². The first-order valence-electron chi connectivity index (χ1n) is 4.58. The lowest BCUT2D eigenvalue weighted by molar-refractivity contribution is 0.833. The molecule has 4 heteroatoms. The maximum atomic E-state index is 4.25. The van der Waals surface area contributed by atoms with Gasteiger partial charge in [0.25, 0.3) is 0 Å². The molecule has 0 aliphatic rings.